The van der Waals surface area contributed by atoms with Crippen LogP contribution >= 0.6 is 0 Å². The predicted octanol–water partition coefficient (Wildman–Crippen LogP) is 1.09. The van der Waals surface area contributed by atoms with E-state index in [2.05, 4.69) is 25.7 Å². The van der Waals surface area contributed by atoms with Gasteiger partial charge in [0.25, 0.3) is 5.91 Å². The molecule has 0 aliphatic rings. The third-order valence-electron chi connectivity index (χ3n) is 2.30. The van der Waals surface area contributed by atoms with Crippen LogP contribution in [0.1, 0.15) is 35.9 Å². The Morgan fingerprint density at radius 3 is 2.65 bits per heavy atom. The fourth-order valence-corrected chi connectivity index (χ4v) is 1.33. The number of nitrogens with zero attached hydrogens (tertiary/aromatic N) is 2. The monoisotopic (exact) mass is 234 g/mol. The molecule has 0 aromatic carbocycles. The number of carbonyl (C=O) groups is 1. The van der Waals surface area contributed by atoms with Gasteiger partial charge in [-0.15, -0.1) is 0 Å². The van der Waals surface area contributed by atoms with Gasteiger partial charge in [-0.1, -0.05) is 13.8 Å². The van der Waals surface area contributed by atoms with Gasteiger partial charge in [-0.25, -0.2) is 0 Å². The van der Waals surface area contributed by atoms with Gasteiger partial charge in [0.1, 0.15) is 11.5 Å². The number of aromatic nitrogens is 4. The minimum absolute atomic E-state index is 0.278. The van der Waals surface area contributed by atoms with E-state index in [1.54, 1.807) is 6.07 Å². The Bertz CT molecular complexity index is 526. The molecule has 0 radical (unpaired) electrons. The second-order valence-electron chi connectivity index (χ2n) is 4.02. The Kier molecular flexibility index (Phi) is 2.82. The molecular formula is C10H14N6O. The van der Waals surface area contributed by atoms with E-state index in [0.29, 0.717) is 17.4 Å². The topological polar surface area (TPSA) is 112 Å². The molecule has 0 aliphatic heterocycles. The predicted molar refractivity (Wildman–Crippen MR) is 63.6 cm³/mol. The van der Waals surface area contributed by atoms with Gasteiger partial charge in [0.15, 0.2) is 5.82 Å². The van der Waals surface area contributed by atoms with Crippen LogP contribution in [0.3, 0.4) is 0 Å². The molecule has 0 unspecified atom stereocenters. The van der Waals surface area contributed by atoms with Crippen LogP contribution in [0.2, 0.25) is 0 Å². The van der Waals surface area contributed by atoms with Crippen molar-refractivity contribution >= 4 is 17.5 Å². The Hall–Kier alpha value is -2.31. The molecule has 0 spiro atoms. The van der Waals surface area contributed by atoms with Crippen molar-refractivity contribution in [1.29, 1.82) is 0 Å². The lowest BCUT2D eigenvalue weighted by Gasteiger charge is -1.98. The van der Waals surface area contributed by atoms with Gasteiger partial charge in [0, 0.05) is 17.8 Å². The molecule has 2 aromatic heterocycles. The number of nitrogen functional groups attached to an aromatic ring is 1. The van der Waals surface area contributed by atoms with Crippen molar-refractivity contribution in [2.45, 2.75) is 19.8 Å². The molecule has 0 saturated carbocycles. The number of nitrogens with two attached hydrogens (primary N) is 1. The molecule has 0 atom stereocenters. The summed E-state index contributed by atoms with van der Waals surface area (Å²) in [5, 5.41) is 15.7. The average molecular weight is 234 g/mol. The number of hydrogen-bond donors (Lipinski definition) is 4. The van der Waals surface area contributed by atoms with Gasteiger partial charge in [0.05, 0.1) is 0 Å². The van der Waals surface area contributed by atoms with Crippen molar-refractivity contribution in [2.75, 3.05) is 11.1 Å². The highest BCUT2D eigenvalue weighted by atomic mass is 16.2. The van der Waals surface area contributed by atoms with Crippen LogP contribution in [0.15, 0.2) is 12.1 Å². The molecule has 2 rings (SSSR count). The SMILES string of the molecule is CC(C)c1cc(NC(=O)c2cc(N)n[nH]2)n[nH]1. The number of hydrogen-bond acceptors (Lipinski definition) is 4. The summed E-state index contributed by atoms with van der Waals surface area (Å²) in [7, 11) is 0. The lowest BCUT2D eigenvalue weighted by Crippen LogP contribution is -2.12. The number of aromatic amines is 2. The first kappa shape index (κ1) is 11.2. The standard InChI is InChI=1S/C10H14N6O/c1-5(2)6-4-9(16-13-6)12-10(17)7-3-8(11)15-14-7/h3-5H,1-2H3,(H3,11,14,15)(H2,12,13,16,17). The van der Waals surface area contributed by atoms with Crippen molar-refractivity contribution in [1.82, 2.24) is 20.4 Å². The molecule has 2 heterocycles. The molecule has 2 aromatic rings. The number of rotatable bonds is 3. The first-order valence-electron chi connectivity index (χ1n) is 5.24. The van der Waals surface area contributed by atoms with E-state index >= 15 is 0 Å². The Balaban J connectivity index is 2.07. The van der Waals surface area contributed by atoms with Crippen molar-refractivity contribution in [3.05, 3.63) is 23.5 Å². The van der Waals surface area contributed by atoms with Crippen LogP contribution in [-0.4, -0.2) is 26.3 Å². The van der Waals surface area contributed by atoms with Crippen LogP contribution in [0.4, 0.5) is 11.6 Å². The second kappa shape index (κ2) is 4.28. The minimum Gasteiger partial charge on any atom is -0.382 e. The Labute approximate surface area is 97.8 Å². The van der Waals surface area contributed by atoms with Crippen LogP contribution in [-0.2, 0) is 0 Å². The summed E-state index contributed by atoms with van der Waals surface area (Å²) in [5.74, 6) is 0.763. The van der Waals surface area contributed by atoms with Gasteiger partial charge in [0.2, 0.25) is 0 Å². The normalized spacial score (nSPS) is 10.8. The summed E-state index contributed by atoms with van der Waals surface area (Å²) in [6, 6.07) is 3.26. The van der Waals surface area contributed by atoms with E-state index in [9.17, 15) is 4.79 Å². The average Bonchev–Trinajstić information content (AvgIpc) is 2.86. The Morgan fingerprint density at radius 2 is 2.12 bits per heavy atom. The zero-order valence-corrected chi connectivity index (χ0v) is 9.61. The number of carbonyl (C=O) groups excluding carboxylic acids is 1. The van der Waals surface area contributed by atoms with Crippen molar-refractivity contribution in [3.8, 4) is 0 Å². The van der Waals surface area contributed by atoms with Crippen LogP contribution in [0.5, 0.6) is 0 Å². The maximum Gasteiger partial charge on any atom is 0.274 e. The molecule has 5 N–H and O–H groups in total. The van der Waals surface area contributed by atoms with Crippen LogP contribution < -0.4 is 11.1 Å². The largest absolute Gasteiger partial charge is 0.382 e. The molecule has 7 heteroatoms. The first-order valence-corrected chi connectivity index (χ1v) is 5.24. The highest BCUT2D eigenvalue weighted by molar-refractivity contribution is 6.02. The third-order valence-corrected chi connectivity index (χ3v) is 2.30. The molecular weight excluding hydrogens is 220 g/mol. The van der Waals surface area contributed by atoms with E-state index in [1.807, 2.05) is 13.8 Å². The smallest absolute Gasteiger partial charge is 0.274 e. The van der Waals surface area contributed by atoms with Gasteiger partial charge < -0.3 is 11.1 Å². The maximum absolute atomic E-state index is 11.7. The maximum atomic E-state index is 11.7. The summed E-state index contributed by atoms with van der Waals surface area (Å²) in [6.07, 6.45) is 0. The van der Waals surface area contributed by atoms with Gasteiger partial charge in [-0.3, -0.25) is 15.0 Å². The first-order chi connectivity index (χ1) is 8.06. The summed E-state index contributed by atoms with van der Waals surface area (Å²) >= 11 is 0. The van der Waals surface area contributed by atoms with Gasteiger partial charge in [-0.05, 0) is 5.92 Å². The second-order valence-corrected chi connectivity index (χ2v) is 4.02. The number of amides is 1. The van der Waals surface area contributed by atoms with Crippen LogP contribution in [0.25, 0.3) is 0 Å². The molecule has 1 amide bonds. The highest BCUT2D eigenvalue weighted by Gasteiger charge is 2.11. The fourth-order valence-electron chi connectivity index (χ4n) is 1.33. The summed E-state index contributed by atoms with van der Waals surface area (Å²) in [4.78, 5) is 11.7. The molecule has 0 saturated heterocycles. The quantitative estimate of drug-likeness (QED) is 0.636. The zero-order valence-electron chi connectivity index (χ0n) is 9.61. The summed E-state index contributed by atoms with van der Waals surface area (Å²) in [6.45, 7) is 4.07. The summed E-state index contributed by atoms with van der Waals surface area (Å²) in [5.41, 5.74) is 6.67. The molecule has 7 nitrogen and oxygen atoms in total. The number of anilines is 2. The molecule has 17 heavy (non-hydrogen) atoms. The van der Waals surface area contributed by atoms with Crippen molar-refractivity contribution in [3.63, 3.8) is 0 Å². The van der Waals surface area contributed by atoms with Crippen molar-refractivity contribution < 1.29 is 4.79 Å². The lowest BCUT2D eigenvalue weighted by atomic mass is 10.1. The van der Waals surface area contributed by atoms with E-state index in [-0.39, 0.29) is 11.7 Å². The van der Waals surface area contributed by atoms with E-state index in [1.165, 1.54) is 6.07 Å². The summed E-state index contributed by atoms with van der Waals surface area (Å²) < 4.78 is 0. The zero-order chi connectivity index (χ0) is 12.4. The fraction of sp³-hybridized carbons (Fsp3) is 0.300. The number of H-pyrrole nitrogens is 2. The van der Waals surface area contributed by atoms with Gasteiger partial charge >= 0.3 is 0 Å². The van der Waals surface area contributed by atoms with Gasteiger partial charge in [-0.2, -0.15) is 10.2 Å². The third kappa shape index (κ3) is 2.44. The molecule has 0 aliphatic carbocycles. The molecule has 0 fully saturated rings. The minimum atomic E-state index is -0.323. The van der Waals surface area contributed by atoms with Crippen LogP contribution in [0, 0.1) is 0 Å². The van der Waals surface area contributed by atoms with Crippen molar-refractivity contribution in [2.24, 2.45) is 0 Å². The molecule has 0 bridgehead atoms. The highest BCUT2D eigenvalue weighted by Crippen LogP contribution is 2.15. The number of nitrogens with one attached hydrogen (secondary N) is 3. The Morgan fingerprint density at radius 1 is 1.35 bits per heavy atom. The van der Waals surface area contributed by atoms with E-state index in [0.717, 1.165) is 5.69 Å². The lowest BCUT2D eigenvalue weighted by molar-refractivity contribution is 0.102. The van der Waals surface area contributed by atoms with E-state index in [4.69, 9.17) is 5.73 Å². The van der Waals surface area contributed by atoms with E-state index < -0.39 is 0 Å². The molecule has 90 valence electrons.